The Labute approximate surface area is 81.3 Å². The fourth-order valence-corrected chi connectivity index (χ4v) is 1.95. The second kappa shape index (κ2) is 4.61. The summed E-state index contributed by atoms with van der Waals surface area (Å²) in [5, 5.41) is 0. The molecule has 2 nitrogen and oxygen atoms in total. The predicted octanol–water partition coefficient (Wildman–Crippen LogP) is 2.10. The average molecular weight is 200 g/mol. The van der Waals surface area contributed by atoms with Crippen molar-refractivity contribution in [3.8, 4) is 0 Å². The summed E-state index contributed by atoms with van der Waals surface area (Å²) in [6.07, 6.45) is 7.58. The van der Waals surface area contributed by atoms with Gasteiger partial charge >= 0.3 is 0 Å². The smallest absolute Gasteiger partial charge is 0.167 e. The van der Waals surface area contributed by atoms with E-state index < -0.39 is 10.7 Å². The SMILES string of the molecule is CCC(C)C1C=CC([SH](=O)=O)=CC1. The van der Waals surface area contributed by atoms with E-state index in [0.717, 1.165) is 12.8 Å². The fourth-order valence-electron chi connectivity index (χ4n) is 1.49. The Hall–Kier alpha value is -0.570. The quantitative estimate of drug-likeness (QED) is 0.708. The van der Waals surface area contributed by atoms with E-state index in [1.165, 1.54) is 0 Å². The van der Waals surface area contributed by atoms with E-state index in [2.05, 4.69) is 13.8 Å². The lowest BCUT2D eigenvalue weighted by molar-refractivity contribution is 0.417. The number of hydrogen-bond donors (Lipinski definition) is 1. The molecule has 0 fully saturated rings. The molecule has 1 aliphatic rings. The van der Waals surface area contributed by atoms with Gasteiger partial charge in [0.1, 0.15) is 0 Å². The summed E-state index contributed by atoms with van der Waals surface area (Å²) in [4.78, 5) is 0.467. The molecule has 0 amide bonds. The first-order valence-electron chi connectivity index (χ1n) is 4.68. The average Bonchev–Trinajstić information content (AvgIpc) is 2.17. The van der Waals surface area contributed by atoms with Gasteiger partial charge in [0.15, 0.2) is 10.7 Å². The summed E-state index contributed by atoms with van der Waals surface area (Å²) < 4.78 is 21.2. The van der Waals surface area contributed by atoms with Crippen molar-refractivity contribution in [1.82, 2.24) is 0 Å². The first-order chi connectivity index (χ1) is 6.15. The van der Waals surface area contributed by atoms with Gasteiger partial charge in [0.25, 0.3) is 0 Å². The molecule has 0 aromatic carbocycles. The molecular weight excluding hydrogens is 184 g/mol. The summed E-state index contributed by atoms with van der Waals surface area (Å²) in [7, 11) is -2.39. The lowest BCUT2D eigenvalue weighted by Gasteiger charge is -2.20. The fraction of sp³-hybridized carbons (Fsp3) is 0.600. The van der Waals surface area contributed by atoms with Gasteiger partial charge in [0.05, 0.1) is 4.91 Å². The Morgan fingerprint density at radius 1 is 1.62 bits per heavy atom. The molecule has 0 aromatic rings. The van der Waals surface area contributed by atoms with E-state index in [1.807, 2.05) is 12.2 Å². The molecule has 0 N–H and O–H groups in total. The molecule has 13 heavy (non-hydrogen) atoms. The lowest BCUT2D eigenvalue weighted by atomic mass is 9.87. The van der Waals surface area contributed by atoms with Gasteiger partial charge in [-0.15, -0.1) is 0 Å². The van der Waals surface area contributed by atoms with Crippen molar-refractivity contribution >= 4 is 10.7 Å². The topological polar surface area (TPSA) is 34.1 Å². The van der Waals surface area contributed by atoms with E-state index >= 15 is 0 Å². The van der Waals surface area contributed by atoms with E-state index in [0.29, 0.717) is 16.7 Å². The van der Waals surface area contributed by atoms with Crippen molar-refractivity contribution < 1.29 is 8.42 Å². The van der Waals surface area contributed by atoms with Crippen molar-refractivity contribution in [3.63, 3.8) is 0 Å². The highest BCUT2D eigenvalue weighted by Crippen LogP contribution is 2.25. The van der Waals surface area contributed by atoms with E-state index in [-0.39, 0.29) is 0 Å². The van der Waals surface area contributed by atoms with Crippen LogP contribution in [-0.4, -0.2) is 8.42 Å². The number of allylic oxidation sites excluding steroid dienone is 3. The van der Waals surface area contributed by atoms with Crippen molar-refractivity contribution in [3.05, 3.63) is 23.1 Å². The summed E-state index contributed by atoms with van der Waals surface area (Å²) in [5.41, 5.74) is 0. The summed E-state index contributed by atoms with van der Waals surface area (Å²) in [6.45, 7) is 4.36. The minimum atomic E-state index is -2.39. The second-order valence-corrected chi connectivity index (χ2v) is 4.56. The molecule has 0 radical (unpaired) electrons. The third-order valence-electron chi connectivity index (χ3n) is 2.70. The summed E-state index contributed by atoms with van der Waals surface area (Å²) in [6, 6.07) is 0. The molecule has 0 bridgehead atoms. The van der Waals surface area contributed by atoms with Crippen LogP contribution >= 0.6 is 0 Å². The van der Waals surface area contributed by atoms with Crippen molar-refractivity contribution in [2.75, 3.05) is 0 Å². The van der Waals surface area contributed by atoms with Crippen molar-refractivity contribution in [2.24, 2.45) is 11.8 Å². The molecule has 0 saturated heterocycles. The Bertz CT molecular complexity index is 292. The highest BCUT2D eigenvalue weighted by Gasteiger charge is 2.14. The van der Waals surface area contributed by atoms with Gasteiger partial charge in [-0.25, -0.2) is 8.42 Å². The van der Waals surface area contributed by atoms with Crippen LogP contribution in [0.25, 0.3) is 0 Å². The molecule has 0 heterocycles. The van der Waals surface area contributed by atoms with E-state index in [9.17, 15) is 8.42 Å². The van der Waals surface area contributed by atoms with Crippen LogP contribution in [0, 0.1) is 11.8 Å². The molecule has 0 aliphatic heterocycles. The van der Waals surface area contributed by atoms with Crippen molar-refractivity contribution in [2.45, 2.75) is 26.7 Å². The zero-order valence-corrected chi connectivity index (χ0v) is 8.96. The zero-order valence-electron chi connectivity index (χ0n) is 8.06. The first-order valence-corrected chi connectivity index (χ1v) is 5.85. The molecule has 3 heteroatoms. The van der Waals surface area contributed by atoms with E-state index in [4.69, 9.17) is 0 Å². The molecule has 0 aromatic heterocycles. The predicted molar refractivity (Wildman–Crippen MR) is 55.1 cm³/mol. The van der Waals surface area contributed by atoms with Crippen LogP contribution in [0.3, 0.4) is 0 Å². The molecule has 0 spiro atoms. The van der Waals surface area contributed by atoms with Crippen LogP contribution in [0.5, 0.6) is 0 Å². The molecule has 2 unspecified atom stereocenters. The number of rotatable bonds is 3. The Morgan fingerprint density at radius 2 is 2.31 bits per heavy atom. The second-order valence-electron chi connectivity index (χ2n) is 3.53. The monoisotopic (exact) mass is 200 g/mol. The molecule has 2 atom stereocenters. The zero-order chi connectivity index (χ0) is 9.84. The Kier molecular flexibility index (Phi) is 3.72. The largest absolute Gasteiger partial charge is 0.227 e. The third kappa shape index (κ3) is 2.69. The highest BCUT2D eigenvalue weighted by atomic mass is 32.2. The third-order valence-corrected chi connectivity index (χ3v) is 3.45. The molecule has 1 aliphatic carbocycles. The van der Waals surface area contributed by atoms with Crippen LogP contribution < -0.4 is 0 Å². The normalized spacial score (nSPS) is 24.5. The standard InChI is InChI=1S/C10H16O2S/c1-3-8(2)9-4-6-10(7-5-9)13(11)12/h4,6-9,13H,3,5H2,1-2H3. The number of thiol groups is 1. The molecular formula is C10H16O2S. The van der Waals surface area contributed by atoms with E-state index in [1.54, 1.807) is 6.08 Å². The highest BCUT2D eigenvalue weighted by molar-refractivity contribution is 7.77. The van der Waals surface area contributed by atoms with Gasteiger partial charge < -0.3 is 0 Å². The van der Waals surface area contributed by atoms with Gasteiger partial charge in [-0.3, -0.25) is 0 Å². The molecule has 0 saturated carbocycles. The Morgan fingerprint density at radius 3 is 2.69 bits per heavy atom. The lowest BCUT2D eigenvalue weighted by Crippen LogP contribution is -2.10. The molecule has 74 valence electrons. The van der Waals surface area contributed by atoms with Crippen LogP contribution in [0.15, 0.2) is 23.1 Å². The summed E-state index contributed by atoms with van der Waals surface area (Å²) >= 11 is 0. The maximum atomic E-state index is 10.6. The number of hydrogen-bond acceptors (Lipinski definition) is 2. The molecule has 1 rings (SSSR count). The van der Waals surface area contributed by atoms with Crippen LogP contribution in [-0.2, 0) is 10.7 Å². The summed E-state index contributed by atoms with van der Waals surface area (Å²) in [5.74, 6) is 1.15. The minimum absolute atomic E-state index is 0.467. The van der Waals surface area contributed by atoms with Crippen LogP contribution in [0.4, 0.5) is 0 Å². The van der Waals surface area contributed by atoms with Gasteiger partial charge in [0.2, 0.25) is 0 Å². The minimum Gasteiger partial charge on any atom is -0.227 e. The van der Waals surface area contributed by atoms with Crippen LogP contribution in [0.2, 0.25) is 0 Å². The van der Waals surface area contributed by atoms with Gasteiger partial charge in [-0.2, -0.15) is 0 Å². The van der Waals surface area contributed by atoms with Gasteiger partial charge in [-0.1, -0.05) is 32.4 Å². The van der Waals surface area contributed by atoms with Crippen molar-refractivity contribution in [1.29, 1.82) is 0 Å². The Balaban J connectivity index is 2.63. The van der Waals surface area contributed by atoms with Crippen LogP contribution in [0.1, 0.15) is 26.7 Å². The maximum Gasteiger partial charge on any atom is 0.167 e. The van der Waals surface area contributed by atoms with Gasteiger partial charge in [0, 0.05) is 0 Å². The first kappa shape index (κ1) is 10.5. The van der Waals surface area contributed by atoms with Gasteiger partial charge in [-0.05, 0) is 24.3 Å². The maximum absolute atomic E-state index is 10.6.